The molecule has 2 aliphatic rings. The number of hydrogen-bond donors (Lipinski definition) is 2. The smallest absolute Gasteiger partial charge is 0.0499 e. The first-order chi connectivity index (χ1) is 6.35. The molecule has 2 fully saturated rings. The van der Waals surface area contributed by atoms with Crippen molar-refractivity contribution in [3.05, 3.63) is 0 Å². The van der Waals surface area contributed by atoms with Crippen molar-refractivity contribution in [2.75, 3.05) is 19.7 Å². The number of piperidine rings is 1. The van der Waals surface area contributed by atoms with Gasteiger partial charge in [-0.3, -0.25) is 0 Å². The Morgan fingerprint density at radius 1 is 1.31 bits per heavy atom. The van der Waals surface area contributed by atoms with Crippen molar-refractivity contribution in [3.63, 3.8) is 0 Å². The van der Waals surface area contributed by atoms with Gasteiger partial charge in [-0.15, -0.1) is 0 Å². The maximum atomic E-state index is 9.47. The summed E-state index contributed by atoms with van der Waals surface area (Å²) in [5.74, 6) is 0.923. The average molecular weight is 183 g/mol. The second kappa shape index (κ2) is 3.97. The van der Waals surface area contributed by atoms with Gasteiger partial charge in [-0.2, -0.15) is 0 Å². The molecule has 1 saturated carbocycles. The molecule has 0 amide bonds. The highest BCUT2D eigenvalue weighted by Crippen LogP contribution is 2.40. The molecule has 2 rings (SSSR count). The number of nitrogens with one attached hydrogen (secondary N) is 1. The zero-order chi connectivity index (χ0) is 9.15. The summed E-state index contributed by atoms with van der Waals surface area (Å²) in [7, 11) is 0. The van der Waals surface area contributed by atoms with Gasteiger partial charge in [-0.1, -0.05) is 19.3 Å². The lowest BCUT2D eigenvalue weighted by molar-refractivity contribution is 0.0527. The van der Waals surface area contributed by atoms with E-state index in [1.165, 1.54) is 38.5 Å². The van der Waals surface area contributed by atoms with Crippen molar-refractivity contribution < 1.29 is 5.11 Å². The molecule has 2 nitrogen and oxygen atoms in total. The molecule has 2 N–H and O–H groups in total. The van der Waals surface area contributed by atoms with Crippen molar-refractivity contribution >= 4 is 0 Å². The van der Waals surface area contributed by atoms with Gasteiger partial charge < -0.3 is 10.4 Å². The van der Waals surface area contributed by atoms with E-state index in [-0.39, 0.29) is 5.41 Å². The molecule has 1 aliphatic carbocycles. The molecule has 1 unspecified atom stereocenters. The quantitative estimate of drug-likeness (QED) is 0.695. The van der Waals surface area contributed by atoms with E-state index < -0.39 is 0 Å². The zero-order valence-corrected chi connectivity index (χ0v) is 8.39. The van der Waals surface area contributed by atoms with Crippen LogP contribution in [0, 0.1) is 11.3 Å². The average Bonchev–Trinajstić information content (AvgIpc) is 2.13. The summed E-state index contributed by atoms with van der Waals surface area (Å²) in [5, 5.41) is 12.9. The monoisotopic (exact) mass is 183 g/mol. The lowest BCUT2D eigenvalue weighted by atomic mass is 9.69. The van der Waals surface area contributed by atoms with E-state index >= 15 is 0 Å². The predicted octanol–water partition coefficient (Wildman–Crippen LogP) is 1.54. The summed E-state index contributed by atoms with van der Waals surface area (Å²) in [6.07, 6.45) is 7.96. The van der Waals surface area contributed by atoms with Crippen molar-refractivity contribution in [1.82, 2.24) is 5.32 Å². The topological polar surface area (TPSA) is 32.3 Å². The zero-order valence-electron chi connectivity index (χ0n) is 8.39. The molecule has 0 radical (unpaired) electrons. The molecule has 13 heavy (non-hydrogen) atoms. The van der Waals surface area contributed by atoms with Gasteiger partial charge in [-0.05, 0) is 31.7 Å². The Balaban J connectivity index is 1.88. The Morgan fingerprint density at radius 2 is 2.15 bits per heavy atom. The summed E-state index contributed by atoms with van der Waals surface area (Å²) >= 11 is 0. The van der Waals surface area contributed by atoms with E-state index in [4.69, 9.17) is 0 Å². The summed E-state index contributed by atoms with van der Waals surface area (Å²) in [4.78, 5) is 0. The Bertz CT molecular complexity index is 159. The molecule has 1 saturated heterocycles. The summed E-state index contributed by atoms with van der Waals surface area (Å²) in [6, 6.07) is 0. The number of aliphatic hydroxyl groups is 1. The van der Waals surface area contributed by atoms with Gasteiger partial charge in [-0.25, -0.2) is 0 Å². The molecule has 0 aromatic carbocycles. The van der Waals surface area contributed by atoms with Gasteiger partial charge >= 0.3 is 0 Å². The van der Waals surface area contributed by atoms with Crippen LogP contribution in [-0.4, -0.2) is 24.8 Å². The highest BCUT2D eigenvalue weighted by atomic mass is 16.3. The van der Waals surface area contributed by atoms with Crippen LogP contribution in [0.1, 0.15) is 38.5 Å². The van der Waals surface area contributed by atoms with Crippen LogP contribution in [0.25, 0.3) is 0 Å². The Labute approximate surface area is 80.7 Å². The van der Waals surface area contributed by atoms with Crippen molar-refractivity contribution in [2.24, 2.45) is 11.3 Å². The Hall–Kier alpha value is -0.0800. The fraction of sp³-hybridized carbons (Fsp3) is 1.00. The number of hydrogen-bond acceptors (Lipinski definition) is 2. The number of rotatable bonds is 3. The standard InChI is InChI=1S/C11H21NO/c13-9-11(5-2-6-12-8-11)7-10-3-1-4-10/h10,12-13H,1-9H2. The van der Waals surface area contributed by atoms with Gasteiger partial charge in [0, 0.05) is 18.6 Å². The van der Waals surface area contributed by atoms with Gasteiger partial charge in [0.1, 0.15) is 0 Å². The summed E-state index contributed by atoms with van der Waals surface area (Å²) < 4.78 is 0. The molecule has 0 bridgehead atoms. The van der Waals surface area contributed by atoms with Gasteiger partial charge in [0.25, 0.3) is 0 Å². The van der Waals surface area contributed by atoms with E-state index in [9.17, 15) is 5.11 Å². The van der Waals surface area contributed by atoms with E-state index in [0.29, 0.717) is 6.61 Å². The largest absolute Gasteiger partial charge is 0.396 e. The van der Waals surface area contributed by atoms with Crippen LogP contribution >= 0.6 is 0 Å². The third-order valence-corrected chi connectivity index (χ3v) is 3.84. The van der Waals surface area contributed by atoms with Crippen molar-refractivity contribution in [1.29, 1.82) is 0 Å². The van der Waals surface area contributed by atoms with Gasteiger partial charge in [0.2, 0.25) is 0 Å². The van der Waals surface area contributed by atoms with Crippen LogP contribution in [0.15, 0.2) is 0 Å². The number of aliphatic hydroxyl groups excluding tert-OH is 1. The second-order valence-corrected chi connectivity index (χ2v) is 4.94. The Morgan fingerprint density at radius 3 is 2.62 bits per heavy atom. The Kier molecular flexibility index (Phi) is 2.89. The third-order valence-electron chi connectivity index (χ3n) is 3.84. The minimum absolute atomic E-state index is 0.239. The SMILES string of the molecule is OCC1(CC2CCC2)CCCNC1. The molecule has 1 heterocycles. The molecular weight excluding hydrogens is 162 g/mol. The minimum Gasteiger partial charge on any atom is -0.396 e. The first-order valence-corrected chi connectivity index (χ1v) is 5.66. The third kappa shape index (κ3) is 2.05. The van der Waals surface area contributed by atoms with Crippen LogP contribution in [0.4, 0.5) is 0 Å². The van der Waals surface area contributed by atoms with E-state index in [1.54, 1.807) is 0 Å². The molecule has 1 aliphatic heterocycles. The molecule has 1 atom stereocenters. The summed E-state index contributed by atoms with van der Waals surface area (Å²) in [6.45, 7) is 2.57. The van der Waals surface area contributed by atoms with Crippen molar-refractivity contribution in [3.8, 4) is 0 Å². The molecule has 0 aromatic heterocycles. The molecule has 76 valence electrons. The van der Waals surface area contributed by atoms with Crippen LogP contribution in [0.2, 0.25) is 0 Å². The summed E-state index contributed by atoms with van der Waals surface area (Å²) in [5.41, 5.74) is 0.239. The highest BCUT2D eigenvalue weighted by Gasteiger charge is 2.35. The van der Waals surface area contributed by atoms with Crippen LogP contribution in [0.3, 0.4) is 0 Å². The van der Waals surface area contributed by atoms with Crippen LogP contribution in [-0.2, 0) is 0 Å². The normalized spacial score (nSPS) is 35.8. The fourth-order valence-electron chi connectivity index (χ4n) is 2.71. The molecule has 0 aromatic rings. The maximum Gasteiger partial charge on any atom is 0.0499 e. The maximum absolute atomic E-state index is 9.47. The van der Waals surface area contributed by atoms with E-state index in [1.807, 2.05) is 0 Å². The lowest BCUT2D eigenvalue weighted by Gasteiger charge is -2.41. The van der Waals surface area contributed by atoms with Crippen LogP contribution in [0.5, 0.6) is 0 Å². The fourth-order valence-corrected chi connectivity index (χ4v) is 2.71. The van der Waals surface area contributed by atoms with Gasteiger partial charge in [0.15, 0.2) is 0 Å². The second-order valence-electron chi connectivity index (χ2n) is 4.94. The van der Waals surface area contributed by atoms with E-state index in [0.717, 1.165) is 19.0 Å². The first kappa shape index (κ1) is 9.47. The first-order valence-electron chi connectivity index (χ1n) is 5.66. The van der Waals surface area contributed by atoms with Crippen LogP contribution < -0.4 is 5.32 Å². The van der Waals surface area contributed by atoms with Crippen molar-refractivity contribution in [2.45, 2.75) is 38.5 Å². The highest BCUT2D eigenvalue weighted by molar-refractivity contribution is 4.88. The molecular formula is C11H21NO. The lowest BCUT2D eigenvalue weighted by Crippen LogP contribution is -2.44. The van der Waals surface area contributed by atoms with E-state index in [2.05, 4.69) is 5.32 Å². The molecule has 0 spiro atoms. The predicted molar refractivity (Wildman–Crippen MR) is 53.6 cm³/mol. The van der Waals surface area contributed by atoms with Gasteiger partial charge in [0.05, 0.1) is 0 Å². The minimum atomic E-state index is 0.239. The molecule has 2 heteroatoms.